The van der Waals surface area contributed by atoms with Crippen LogP contribution in [0.3, 0.4) is 0 Å². The molecule has 2 heterocycles. The molecule has 28 heavy (non-hydrogen) atoms. The van der Waals surface area contributed by atoms with E-state index in [0.29, 0.717) is 13.1 Å². The minimum atomic E-state index is -0.0285. The molecule has 1 amide bonds. The summed E-state index contributed by atoms with van der Waals surface area (Å²) in [5, 5.41) is 3.08. The van der Waals surface area contributed by atoms with Crippen LogP contribution < -0.4 is 15.0 Å². The lowest BCUT2D eigenvalue weighted by molar-refractivity contribution is -0.125. The molecule has 0 aliphatic carbocycles. The summed E-state index contributed by atoms with van der Waals surface area (Å²) >= 11 is 0. The van der Waals surface area contributed by atoms with Crippen LogP contribution >= 0.6 is 0 Å². The molecule has 0 radical (unpaired) electrons. The highest BCUT2D eigenvalue weighted by molar-refractivity contribution is 5.81. The molecule has 1 aliphatic rings. The van der Waals surface area contributed by atoms with Gasteiger partial charge in [0.1, 0.15) is 5.75 Å². The topological polar surface area (TPSA) is 59.4 Å². The number of amides is 1. The van der Waals surface area contributed by atoms with Crippen molar-refractivity contribution < 1.29 is 9.53 Å². The fourth-order valence-corrected chi connectivity index (χ4v) is 3.90. The summed E-state index contributed by atoms with van der Waals surface area (Å²) in [6, 6.07) is 15.9. The first-order valence-electron chi connectivity index (χ1n) is 9.73. The van der Waals surface area contributed by atoms with Crippen molar-refractivity contribution in [1.82, 2.24) is 14.9 Å². The Hall–Kier alpha value is -3.02. The highest BCUT2D eigenvalue weighted by Crippen LogP contribution is 2.26. The molecule has 1 atom stereocenters. The Morgan fingerprint density at radius 3 is 2.93 bits per heavy atom. The van der Waals surface area contributed by atoms with Crippen LogP contribution in [0.5, 0.6) is 5.75 Å². The molecule has 146 valence electrons. The quantitative estimate of drug-likeness (QED) is 0.741. The van der Waals surface area contributed by atoms with Crippen LogP contribution in [0.15, 0.2) is 48.5 Å². The Morgan fingerprint density at radius 2 is 2.11 bits per heavy atom. The molecule has 1 aromatic heterocycles. The molecule has 1 aliphatic heterocycles. The van der Waals surface area contributed by atoms with E-state index in [1.807, 2.05) is 49.5 Å². The summed E-state index contributed by atoms with van der Waals surface area (Å²) in [6.07, 6.45) is 1.89. The van der Waals surface area contributed by atoms with Gasteiger partial charge in [-0.15, -0.1) is 0 Å². The number of nitrogens with one attached hydrogen (secondary N) is 1. The number of benzene rings is 2. The number of piperidine rings is 1. The molecular weight excluding hydrogens is 352 g/mol. The van der Waals surface area contributed by atoms with Gasteiger partial charge in [-0.25, -0.2) is 4.98 Å². The molecule has 2 aromatic carbocycles. The zero-order chi connectivity index (χ0) is 19.5. The predicted molar refractivity (Wildman–Crippen MR) is 110 cm³/mol. The maximum atomic E-state index is 12.8. The number of fused-ring (bicyclic) bond motifs is 1. The van der Waals surface area contributed by atoms with Crippen LogP contribution in [0, 0.1) is 5.92 Å². The zero-order valence-electron chi connectivity index (χ0n) is 16.4. The average Bonchev–Trinajstić information content (AvgIpc) is 3.09. The van der Waals surface area contributed by atoms with E-state index >= 15 is 0 Å². The molecule has 0 bridgehead atoms. The summed E-state index contributed by atoms with van der Waals surface area (Å²) < 4.78 is 7.37. The Kier molecular flexibility index (Phi) is 5.19. The number of anilines is 1. The van der Waals surface area contributed by atoms with E-state index in [1.54, 1.807) is 7.11 Å². The number of aryl methyl sites for hydroxylation is 1. The number of aromatic nitrogens is 2. The van der Waals surface area contributed by atoms with Gasteiger partial charge in [-0.1, -0.05) is 24.3 Å². The highest BCUT2D eigenvalue weighted by atomic mass is 16.5. The van der Waals surface area contributed by atoms with Crippen molar-refractivity contribution in [2.45, 2.75) is 19.4 Å². The van der Waals surface area contributed by atoms with Crippen molar-refractivity contribution in [3.05, 3.63) is 54.1 Å². The number of hydrogen-bond donors (Lipinski definition) is 1. The van der Waals surface area contributed by atoms with Crippen LogP contribution in [0.2, 0.25) is 0 Å². The van der Waals surface area contributed by atoms with Gasteiger partial charge in [0.15, 0.2) is 0 Å². The number of carbonyl (C=O) groups is 1. The number of imidazole rings is 1. The van der Waals surface area contributed by atoms with Crippen molar-refractivity contribution in [1.29, 1.82) is 0 Å². The Bertz CT molecular complexity index is 982. The molecule has 0 spiro atoms. The van der Waals surface area contributed by atoms with Crippen LogP contribution in [-0.4, -0.2) is 35.7 Å². The molecule has 0 saturated carbocycles. The number of hydrogen-bond acceptors (Lipinski definition) is 4. The molecule has 1 saturated heterocycles. The largest absolute Gasteiger partial charge is 0.497 e. The van der Waals surface area contributed by atoms with Crippen molar-refractivity contribution in [2.24, 2.45) is 13.0 Å². The highest BCUT2D eigenvalue weighted by Gasteiger charge is 2.28. The fraction of sp³-hybridized carbons (Fsp3) is 0.364. The molecule has 6 nitrogen and oxygen atoms in total. The smallest absolute Gasteiger partial charge is 0.225 e. The number of para-hydroxylation sites is 2. The van der Waals surface area contributed by atoms with E-state index in [1.165, 1.54) is 0 Å². The van der Waals surface area contributed by atoms with Gasteiger partial charge in [-0.05, 0) is 42.7 Å². The number of rotatable bonds is 5. The SMILES string of the molecule is COc1cccc(CNC(=O)[C@H]2CCCN(c3nc4ccccc4n3C)C2)c1. The summed E-state index contributed by atoms with van der Waals surface area (Å²) in [6.45, 7) is 2.14. The van der Waals surface area contributed by atoms with Crippen molar-refractivity contribution in [3.8, 4) is 5.75 Å². The van der Waals surface area contributed by atoms with Crippen LogP contribution in [0.25, 0.3) is 11.0 Å². The normalized spacial score (nSPS) is 16.9. The monoisotopic (exact) mass is 378 g/mol. The van der Waals surface area contributed by atoms with Crippen LogP contribution in [0.1, 0.15) is 18.4 Å². The van der Waals surface area contributed by atoms with Crippen molar-refractivity contribution >= 4 is 22.9 Å². The van der Waals surface area contributed by atoms with Gasteiger partial charge in [-0.3, -0.25) is 4.79 Å². The average molecular weight is 378 g/mol. The molecule has 0 unspecified atom stereocenters. The second kappa shape index (κ2) is 7.92. The van der Waals surface area contributed by atoms with Crippen molar-refractivity contribution in [2.75, 3.05) is 25.1 Å². The first-order valence-corrected chi connectivity index (χ1v) is 9.73. The zero-order valence-corrected chi connectivity index (χ0v) is 16.4. The Labute approximate surface area is 165 Å². The summed E-state index contributed by atoms with van der Waals surface area (Å²) in [5.74, 6) is 1.81. The third-order valence-electron chi connectivity index (χ3n) is 5.44. The second-order valence-corrected chi connectivity index (χ2v) is 7.31. The van der Waals surface area contributed by atoms with Crippen molar-refractivity contribution in [3.63, 3.8) is 0 Å². The van der Waals surface area contributed by atoms with E-state index in [-0.39, 0.29) is 11.8 Å². The molecule has 1 fully saturated rings. The number of nitrogens with zero attached hydrogens (tertiary/aromatic N) is 3. The third-order valence-corrected chi connectivity index (χ3v) is 5.44. The Morgan fingerprint density at radius 1 is 1.25 bits per heavy atom. The number of methoxy groups -OCH3 is 1. The molecule has 3 aromatic rings. The van der Waals surface area contributed by atoms with Crippen LogP contribution in [0.4, 0.5) is 5.95 Å². The van der Waals surface area contributed by atoms with Crippen LogP contribution in [-0.2, 0) is 18.4 Å². The molecule has 4 rings (SSSR count). The second-order valence-electron chi connectivity index (χ2n) is 7.31. The lowest BCUT2D eigenvalue weighted by Crippen LogP contribution is -2.43. The van der Waals surface area contributed by atoms with Gasteiger partial charge in [-0.2, -0.15) is 0 Å². The maximum absolute atomic E-state index is 12.8. The fourth-order valence-electron chi connectivity index (χ4n) is 3.90. The first-order chi connectivity index (χ1) is 13.7. The Balaban J connectivity index is 1.42. The maximum Gasteiger partial charge on any atom is 0.225 e. The third kappa shape index (κ3) is 3.67. The van der Waals surface area contributed by atoms with Gasteiger partial charge in [0.05, 0.1) is 24.1 Å². The molecular formula is C22H26N4O2. The number of ether oxygens (including phenoxy) is 1. The number of carbonyl (C=O) groups excluding carboxylic acids is 1. The summed E-state index contributed by atoms with van der Waals surface area (Å²) in [7, 11) is 3.69. The summed E-state index contributed by atoms with van der Waals surface area (Å²) in [4.78, 5) is 19.8. The lowest BCUT2D eigenvalue weighted by atomic mass is 9.97. The van der Waals surface area contributed by atoms with E-state index in [9.17, 15) is 4.79 Å². The van der Waals surface area contributed by atoms with Gasteiger partial charge in [0.2, 0.25) is 11.9 Å². The van der Waals surface area contributed by atoms with E-state index in [0.717, 1.165) is 47.7 Å². The standard InChI is InChI=1S/C22H26N4O2/c1-25-20-11-4-3-10-19(20)24-22(25)26-12-6-8-17(15-26)21(27)23-14-16-7-5-9-18(13-16)28-2/h3-5,7,9-11,13,17H,6,8,12,14-15H2,1-2H3,(H,23,27)/t17-/m0/s1. The summed E-state index contributed by atoms with van der Waals surface area (Å²) in [5.41, 5.74) is 3.14. The van der Waals surface area contributed by atoms with Gasteiger partial charge in [0.25, 0.3) is 0 Å². The molecule has 6 heteroatoms. The molecule has 1 N–H and O–H groups in total. The van der Waals surface area contributed by atoms with Gasteiger partial charge in [0, 0.05) is 26.7 Å². The van der Waals surface area contributed by atoms with Gasteiger partial charge < -0.3 is 19.5 Å². The lowest BCUT2D eigenvalue weighted by Gasteiger charge is -2.32. The first kappa shape index (κ1) is 18.3. The van der Waals surface area contributed by atoms with E-state index < -0.39 is 0 Å². The van der Waals surface area contributed by atoms with E-state index in [4.69, 9.17) is 9.72 Å². The van der Waals surface area contributed by atoms with Gasteiger partial charge >= 0.3 is 0 Å². The predicted octanol–water partition coefficient (Wildman–Crippen LogP) is 3.11. The van der Waals surface area contributed by atoms with E-state index in [2.05, 4.69) is 20.9 Å². The minimum absolute atomic E-state index is 0.0285. The minimum Gasteiger partial charge on any atom is -0.497 e.